The maximum atomic E-state index is 11.3. The van der Waals surface area contributed by atoms with Gasteiger partial charge in [-0.2, -0.15) is 0 Å². The van der Waals surface area contributed by atoms with Crippen LogP contribution in [0.4, 0.5) is 0 Å². The highest BCUT2D eigenvalue weighted by atomic mass is 35.5. The molecule has 0 spiro atoms. The molecule has 0 unspecified atom stereocenters. The lowest BCUT2D eigenvalue weighted by atomic mass is 10.4. The fourth-order valence-corrected chi connectivity index (χ4v) is 2.30. The van der Waals surface area contributed by atoms with Crippen LogP contribution < -0.4 is 0 Å². The van der Waals surface area contributed by atoms with Crippen molar-refractivity contribution >= 4 is 21.4 Å². The summed E-state index contributed by atoms with van der Waals surface area (Å²) >= 11 is 5.71. The molecule has 0 aromatic heterocycles. The van der Waals surface area contributed by atoms with Gasteiger partial charge in [-0.05, 0) is 12.1 Å². The number of benzene rings is 1. The monoisotopic (exact) mass is 204 g/mol. The largest absolute Gasteiger partial charge is 0.224 e. The standard InChI is InChI=1S/C8H9ClO2S/c1-2-12(10,11)8-6-4-3-5-7(8)9/h3-6H,2H2,1H3. The second-order valence-electron chi connectivity index (χ2n) is 2.33. The van der Waals surface area contributed by atoms with Crippen molar-refractivity contribution in [3.05, 3.63) is 29.3 Å². The van der Waals surface area contributed by atoms with Crippen LogP contribution in [0.3, 0.4) is 0 Å². The molecule has 1 aromatic carbocycles. The zero-order chi connectivity index (χ0) is 9.19. The van der Waals surface area contributed by atoms with Crippen molar-refractivity contribution in [1.82, 2.24) is 0 Å². The molecule has 0 saturated heterocycles. The Morgan fingerprint density at radius 1 is 1.33 bits per heavy atom. The third-order valence-electron chi connectivity index (χ3n) is 1.55. The average molecular weight is 205 g/mol. The van der Waals surface area contributed by atoms with E-state index in [1.54, 1.807) is 25.1 Å². The van der Waals surface area contributed by atoms with Crippen LogP contribution in [0.1, 0.15) is 6.92 Å². The van der Waals surface area contributed by atoms with Crippen LogP contribution in [0.15, 0.2) is 29.2 Å². The van der Waals surface area contributed by atoms with E-state index in [4.69, 9.17) is 11.6 Å². The molecule has 12 heavy (non-hydrogen) atoms. The first-order valence-electron chi connectivity index (χ1n) is 3.55. The van der Waals surface area contributed by atoms with Crippen molar-refractivity contribution in [3.8, 4) is 0 Å². The Kier molecular flexibility index (Phi) is 2.75. The Balaban J connectivity index is 3.30. The minimum atomic E-state index is -3.16. The molecule has 66 valence electrons. The predicted octanol–water partition coefficient (Wildman–Crippen LogP) is 2.13. The third kappa shape index (κ3) is 1.79. The molecule has 0 N–H and O–H groups in total. The summed E-state index contributed by atoms with van der Waals surface area (Å²) in [6, 6.07) is 6.46. The fraction of sp³-hybridized carbons (Fsp3) is 0.250. The summed E-state index contributed by atoms with van der Waals surface area (Å²) in [6.45, 7) is 1.60. The Hall–Kier alpha value is -0.540. The number of rotatable bonds is 2. The van der Waals surface area contributed by atoms with E-state index in [1.165, 1.54) is 6.07 Å². The van der Waals surface area contributed by atoms with Gasteiger partial charge < -0.3 is 0 Å². The quantitative estimate of drug-likeness (QED) is 0.740. The first kappa shape index (κ1) is 9.55. The summed E-state index contributed by atoms with van der Waals surface area (Å²) in [5.41, 5.74) is 0. The van der Waals surface area contributed by atoms with Crippen LogP contribution in [-0.4, -0.2) is 14.2 Å². The van der Waals surface area contributed by atoms with Crippen LogP contribution in [-0.2, 0) is 9.84 Å². The molecule has 0 radical (unpaired) electrons. The normalized spacial score (nSPS) is 11.5. The first-order chi connectivity index (χ1) is 5.58. The van der Waals surface area contributed by atoms with Gasteiger partial charge in [0, 0.05) is 0 Å². The van der Waals surface area contributed by atoms with E-state index in [9.17, 15) is 8.42 Å². The van der Waals surface area contributed by atoms with Crippen LogP contribution >= 0.6 is 11.6 Å². The SMILES string of the molecule is CCS(=O)(=O)c1ccccc1Cl. The highest BCUT2D eigenvalue weighted by Crippen LogP contribution is 2.21. The molecule has 0 bridgehead atoms. The Morgan fingerprint density at radius 2 is 1.92 bits per heavy atom. The maximum Gasteiger partial charge on any atom is 0.179 e. The summed E-state index contributed by atoms with van der Waals surface area (Å²) in [7, 11) is -3.16. The van der Waals surface area contributed by atoms with Crippen LogP contribution in [0.2, 0.25) is 5.02 Å². The van der Waals surface area contributed by atoms with E-state index in [1.807, 2.05) is 0 Å². The minimum Gasteiger partial charge on any atom is -0.224 e. The Bertz CT molecular complexity index is 370. The van der Waals surface area contributed by atoms with Crippen molar-refractivity contribution in [2.24, 2.45) is 0 Å². The van der Waals surface area contributed by atoms with Gasteiger partial charge in [-0.15, -0.1) is 0 Å². The Labute approximate surface area is 77.1 Å². The molecule has 1 rings (SSSR count). The van der Waals surface area contributed by atoms with Crippen molar-refractivity contribution < 1.29 is 8.42 Å². The lowest BCUT2D eigenvalue weighted by Crippen LogP contribution is -2.03. The van der Waals surface area contributed by atoms with Gasteiger partial charge in [0.2, 0.25) is 0 Å². The summed E-state index contributed by atoms with van der Waals surface area (Å²) in [6.07, 6.45) is 0. The second kappa shape index (κ2) is 3.46. The van der Waals surface area contributed by atoms with E-state index in [0.717, 1.165) is 0 Å². The molecular formula is C8H9ClO2S. The van der Waals surface area contributed by atoms with Crippen molar-refractivity contribution in [1.29, 1.82) is 0 Å². The van der Waals surface area contributed by atoms with Gasteiger partial charge in [-0.3, -0.25) is 0 Å². The topological polar surface area (TPSA) is 34.1 Å². The van der Waals surface area contributed by atoms with Crippen molar-refractivity contribution in [3.63, 3.8) is 0 Å². The number of halogens is 1. The van der Waals surface area contributed by atoms with Crippen LogP contribution in [0, 0.1) is 0 Å². The van der Waals surface area contributed by atoms with Crippen molar-refractivity contribution in [2.75, 3.05) is 5.75 Å². The summed E-state index contributed by atoms with van der Waals surface area (Å²) in [4.78, 5) is 0.217. The molecule has 0 aliphatic heterocycles. The van der Waals surface area contributed by atoms with Crippen molar-refractivity contribution in [2.45, 2.75) is 11.8 Å². The molecule has 0 fully saturated rings. The average Bonchev–Trinajstić information content (AvgIpc) is 2.05. The molecule has 0 atom stereocenters. The molecule has 0 amide bonds. The van der Waals surface area contributed by atoms with Crippen LogP contribution in [0.25, 0.3) is 0 Å². The van der Waals surface area contributed by atoms with Gasteiger partial charge in [0.05, 0.1) is 15.7 Å². The first-order valence-corrected chi connectivity index (χ1v) is 5.58. The number of sulfone groups is 1. The van der Waals surface area contributed by atoms with E-state index >= 15 is 0 Å². The molecule has 0 saturated carbocycles. The second-order valence-corrected chi connectivity index (χ2v) is 4.99. The Morgan fingerprint density at radius 3 is 2.42 bits per heavy atom. The van der Waals surface area contributed by atoms with E-state index in [0.29, 0.717) is 5.02 Å². The molecular weight excluding hydrogens is 196 g/mol. The highest BCUT2D eigenvalue weighted by Gasteiger charge is 2.13. The van der Waals surface area contributed by atoms with Crippen LogP contribution in [0.5, 0.6) is 0 Å². The number of hydrogen-bond acceptors (Lipinski definition) is 2. The summed E-state index contributed by atoms with van der Waals surface area (Å²) in [5, 5.41) is 0.291. The molecule has 0 heterocycles. The van der Waals surface area contributed by atoms with E-state index in [-0.39, 0.29) is 10.6 Å². The predicted molar refractivity (Wildman–Crippen MR) is 49.2 cm³/mol. The molecule has 0 aliphatic carbocycles. The molecule has 0 aliphatic rings. The van der Waals surface area contributed by atoms with Gasteiger partial charge in [0.1, 0.15) is 0 Å². The smallest absolute Gasteiger partial charge is 0.179 e. The molecule has 4 heteroatoms. The van der Waals surface area contributed by atoms with E-state index in [2.05, 4.69) is 0 Å². The van der Waals surface area contributed by atoms with Gasteiger partial charge in [-0.25, -0.2) is 8.42 Å². The summed E-state index contributed by atoms with van der Waals surface area (Å²) < 4.78 is 22.7. The highest BCUT2D eigenvalue weighted by molar-refractivity contribution is 7.91. The molecule has 1 aromatic rings. The molecule has 2 nitrogen and oxygen atoms in total. The fourth-order valence-electron chi connectivity index (χ4n) is 0.852. The minimum absolute atomic E-state index is 0.0801. The van der Waals surface area contributed by atoms with Gasteiger partial charge in [-0.1, -0.05) is 30.7 Å². The van der Waals surface area contributed by atoms with E-state index < -0.39 is 9.84 Å². The van der Waals surface area contributed by atoms with Gasteiger partial charge >= 0.3 is 0 Å². The zero-order valence-electron chi connectivity index (χ0n) is 6.62. The lowest BCUT2D eigenvalue weighted by Gasteiger charge is -2.01. The maximum absolute atomic E-state index is 11.3. The van der Waals surface area contributed by atoms with Gasteiger partial charge in [0.15, 0.2) is 9.84 Å². The lowest BCUT2D eigenvalue weighted by molar-refractivity contribution is 0.597. The van der Waals surface area contributed by atoms with Gasteiger partial charge in [0.25, 0.3) is 0 Å². The zero-order valence-corrected chi connectivity index (χ0v) is 8.19. The number of hydrogen-bond donors (Lipinski definition) is 0. The summed E-state index contributed by atoms with van der Waals surface area (Å²) in [5.74, 6) is 0.0801. The third-order valence-corrected chi connectivity index (χ3v) is 3.78.